The maximum atomic E-state index is 12.5. The largest absolute Gasteiger partial charge is 0.497 e. The first kappa shape index (κ1) is 18.2. The lowest BCUT2D eigenvalue weighted by Gasteiger charge is -2.27. The van der Waals surface area contributed by atoms with Gasteiger partial charge in [-0.15, -0.1) is 0 Å². The van der Waals surface area contributed by atoms with Crippen molar-refractivity contribution in [2.75, 3.05) is 33.3 Å². The fourth-order valence-corrected chi connectivity index (χ4v) is 3.17. The van der Waals surface area contributed by atoms with Crippen LogP contribution in [0.25, 0.3) is 0 Å². The van der Waals surface area contributed by atoms with E-state index in [-0.39, 0.29) is 18.5 Å². The number of benzene rings is 1. The van der Waals surface area contributed by atoms with Crippen molar-refractivity contribution in [3.8, 4) is 11.8 Å². The first-order valence-electron chi connectivity index (χ1n) is 8.29. The Morgan fingerprint density at radius 1 is 1.54 bits per heavy atom. The third kappa shape index (κ3) is 4.47. The number of carbonyl (C=O) groups excluding carboxylic acids is 1. The Morgan fingerprint density at radius 2 is 2.33 bits per heavy atom. The lowest BCUT2D eigenvalue weighted by Crippen LogP contribution is -2.41. The molecule has 1 amide bonds. The topological polar surface area (TPSA) is 76.8 Å². The number of hydrogen-bond acceptors (Lipinski definition) is 5. The van der Waals surface area contributed by atoms with E-state index >= 15 is 0 Å². The smallest absolute Gasteiger partial charge is 0.236 e. The van der Waals surface area contributed by atoms with Crippen LogP contribution in [-0.4, -0.2) is 60.2 Å². The third-order valence-electron chi connectivity index (χ3n) is 4.43. The number of methoxy groups -OCH3 is 1. The number of amides is 1. The van der Waals surface area contributed by atoms with Gasteiger partial charge in [-0.2, -0.15) is 5.26 Å². The molecule has 0 unspecified atom stereocenters. The zero-order chi connectivity index (χ0) is 17.5. The summed E-state index contributed by atoms with van der Waals surface area (Å²) in [5.74, 6) is 0.763. The Hall–Kier alpha value is -2.10. The molecule has 1 aromatic carbocycles. The molecule has 0 aliphatic carbocycles. The van der Waals surface area contributed by atoms with Gasteiger partial charge in [0.2, 0.25) is 5.91 Å². The summed E-state index contributed by atoms with van der Waals surface area (Å²) in [5.41, 5.74) is 1.04. The summed E-state index contributed by atoms with van der Waals surface area (Å²) in [6.07, 6.45) is 0.495. The summed E-state index contributed by atoms with van der Waals surface area (Å²) < 4.78 is 5.27. The molecule has 1 aliphatic rings. The second-order valence-corrected chi connectivity index (χ2v) is 5.99. The Labute approximate surface area is 143 Å². The molecule has 1 saturated heterocycles. The van der Waals surface area contributed by atoms with Crippen LogP contribution in [0, 0.1) is 11.3 Å². The standard InChI is InChI=1S/C18H25N3O3/c1-3-20(9-5-8-19)18(23)13-21-12-15(22)11-17(21)14-6-4-7-16(10-14)24-2/h4,6-7,10,15,17,22H,3,5,9,11-13H2,1-2H3/t15-,17-/m0/s1. The molecule has 6 nitrogen and oxygen atoms in total. The number of likely N-dealkylation sites (N-methyl/N-ethyl adjacent to an activating group) is 1. The Kier molecular flexibility index (Phi) is 6.59. The summed E-state index contributed by atoms with van der Waals surface area (Å²) in [6, 6.07) is 9.82. The first-order valence-corrected chi connectivity index (χ1v) is 8.29. The lowest BCUT2D eigenvalue weighted by molar-refractivity contribution is -0.132. The van der Waals surface area contributed by atoms with Crippen LogP contribution in [0.15, 0.2) is 24.3 Å². The van der Waals surface area contributed by atoms with Crippen LogP contribution < -0.4 is 4.74 Å². The second-order valence-electron chi connectivity index (χ2n) is 5.99. The van der Waals surface area contributed by atoms with Crippen molar-refractivity contribution < 1.29 is 14.6 Å². The fraction of sp³-hybridized carbons (Fsp3) is 0.556. The van der Waals surface area contributed by atoms with Crippen LogP contribution in [0.1, 0.15) is 31.4 Å². The van der Waals surface area contributed by atoms with Gasteiger partial charge in [0.15, 0.2) is 0 Å². The predicted octanol–water partition coefficient (Wildman–Crippen LogP) is 1.57. The number of rotatable bonds is 7. The van der Waals surface area contributed by atoms with E-state index in [1.54, 1.807) is 12.0 Å². The SMILES string of the molecule is CCN(CCC#N)C(=O)CN1C[C@@H](O)C[C@H]1c1cccc(OC)c1. The Morgan fingerprint density at radius 3 is 3.00 bits per heavy atom. The Bertz CT molecular complexity index is 599. The second kappa shape index (κ2) is 8.67. The van der Waals surface area contributed by atoms with Crippen LogP contribution in [0.5, 0.6) is 5.75 Å². The molecule has 0 spiro atoms. The molecule has 1 aromatic rings. The van der Waals surface area contributed by atoms with Gasteiger partial charge in [0.1, 0.15) is 5.75 Å². The number of aliphatic hydroxyl groups is 1. The van der Waals surface area contributed by atoms with Crippen molar-refractivity contribution in [2.45, 2.75) is 31.9 Å². The summed E-state index contributed by atoms with van der Waals surface area (Å²) in [6.45, 7) is 3.67. The molecule has 24 heavy (non-hydrogen) atoms. The van der Waals surface area contributed by atoms with Gasteiger partial charge in [0.05, 0.1) is 32.2 Å². The quantitative estimate of drug-likeness (QED) is 0.820. The molecule has 0 aromatic heterocycles. The van der Waals surface area contributed by atoms with Crippen LogP contribution in [0.4, 0.5) is 0 Å². The molecular weight excluding hydrogens is 306 g/mol. The minimum absolute atomic E-state index is 0.00486. The monoisotopic (exact) mass is 331 g/mol. The molecule has 0 radical (unpaired) electrons. The average molecular weight is 331 g/mol. The molecule has 2 rings (SSSR count). The molecule has 0 bridgehead atoms. The van der Waals surface area contributed by atoms with Gasteiger partial charge < -0.3 is 14.7 Å². The number of carbonyl (C=O) groups is 1. The number of hydrogen-bond donors (Lipinski definition) is 1. The number of nitriles is 1. The maximum Gasteiger partial charge on any atom is 0.236 e. The zero-order valence-corrected chi connectivity index (χ0v) is 14.3. The van der Waals surface area contributed by atoms with Crippen LogP contribution >= 0.6 is 0 Å². The van der Waals surface area contributed by atoms with Crippen molar-refractivity contribution >= 4 is 5.91 Å². The van der Waals surface area contributed by atoms with E-state index in [1.165, 1.54) is 0 Å². The van der Waals surface area contributed by atoms with E-state index in [0.29, 0.717) is 32.5 Å². The van der Waals surface area contributed by atoms with E-state index in [1.807, 2.05) is 36.1 Å². The van der Waals surface area contributed by atoms with Crippen LogP contribution in [0.3, 0.4) is 0 Å². The van der Waals surface area contributed by atoms with Crippen molar-refractivity contribution in [3.63, 3.8) is 0 Å². The van der Waals surface area contributed by atoms with E-state index < -0.39 is 6.10 Å². The minimum Gasteiger partial charge on any atom is -0.497 e. The van der Waals surface area contributed by atoms with Crippen LogP contribution in [-0.2, 0) is 4.79 Å². The van der Waals surface area contributed by atoms with Crippen molar-refractivity contribution in [3.05, 3.63) is 29.8 Å². The predicted molar refractivity (Wildman–Crippen MR) is 90.4 cm³/mol. The van der Waals surface area contributed by atoms with Crippen molar-refractivity contribution in [1.29, 1.82) is 5.26 Å². The highest BCUT2D eigenvalue weighted by molar-refractivity contribution is 5.78. The number of ether oxygens (including phenoxy) is 1. The zero-order valence-electron chi connectivity index (χ0n) is 14.3. The maximum absolute atomic E-state index is 12.5. The number of β-amino-alcohol motifs (C(OH)–C–C–N with tert-alkyl or cyclic N) is 1. The van der Waals surface area contributed by atoms with Gasteiger partial charge >= 0.3 is 0 Å². The number of aliphatic hydroxyl groups excluding tert-OH is 1. The molecule has 2 atom stereocenters. The molecule has 130 valence electrons. The van der Waals surface area contributed by atoms with Crippen molar-refractivity contribution in [2.24, 2.45) is 0 Å². The van der Waals surface area contributed by atoms with Gasteiger partial charge in [0, 0.05) is 25.7 Å². The lowest BCUT2D eigenvalue weighted by atomic mass is 10.0. The van der Waals surface area contributed by atoms with Crippen LogP contribution in [0.2, 0.25) is 0 Å². The normalized spacial score (nSPS) is 20.6. The molecule has 1 fully saturated rings. The molecular formula is C18H25N3O3. The fourth-order valence-electron chi connectivity index (χ4n) is 3.17. The summed E-state index contributed by atoms with van der Waals surface area (Å²) in [7, 11) is 1.62. The van der Waals surface area contributed by atoms with E-state index in [4.69, 9.17) is 10.00 Å². The van der Waals surface area contributed by atoms with Crippen molar-refractivity contribution in [1.82, 2.24) is 9.80 Å². The van der Waals surface area contributed by atoms with E-state index in [0.717, 1.165) is 11.3 Å². The molecule has 1 N–H and O–H groups in total. The summed E-state index contributed by atoms with van der Waals surface area (Å²) in [5, 5.41) is 18.8. The Balaban J connectivity index is 2.09. The third-order valence-corrected chi connectivity index (χ3v) is 4.43. The molecule has 1 heterocycles. The van der Waals surface area contributed by atoms with E-state index in [2.05, 4.69) is 6.07 Å². The summed E-state index contributed by atoms with van der Waals surface area (Å²) >= 11 is 0. The molecule has 6 heteroatoms. The highest BCUT2D eigenvalue weighted by Gasteiger charge is 2.34. The van der Waals surface area contributed by atoms with Gasteiger partial charge in [-0.05, 0) is 31.0 Å². The summed E-state index contributed by atoms with van der Waals surface area (Å²) in [4.78, 5) is 16.2. The highest BCUT2D eigenvalue weighted by Crippen LogP contribution is 2.33. The van der Waals surface area contributed by atoms with Gasteiger partial charge in [0.25, 0.3) is 0 Å². The van der Waals surface area contributed by atoms with E-state index in [9.17, 15) is 9.90 Å². The average Bonchev–Trinajstić information content (AvgIpc) is 2.96. The number of nitrogens with zero attached hydrogens (tertiary/aromatic N) is 3. The molecule has 0 saturated carbocycles. The van der Waals surface area contributed by atoms with Gasteiger partial charge in [-0.3, -0.25) is 9.69 Å². The van der Waals surface area contributed by atoms with Gasteiger partial charge in [-0.1, -0.05) is 12.1 Å². The number of likely N-dealkylation sites (tertiary alicyclic amines) is 1. The van der Waals surface area contributed by atoms with Gasteiger partial charge in [-0.25, -0.2) is 0 Å². The highest BCUT2D eigenvalue weighted by atomic mass is 16.5. The minimum atomic E-state index is -0.441. The molecule has 1 aliphatic heterocycles. The first-order chi connectivity index (χ1) is 11.6.